The predicted molar refractivity (Wildman–Crippen MR) is 113 cm³/mol. The van der Waals surface area contributed by atoms with Crippen molar-refractivity contribution in [3.63, 3.8) is 0 Å². The summed E-state index contributed by atoms with van der Waals surface area (Å²) in [6, 6.07) is 11.0. The number of amides is 1. The Balaban J connectivity index is 1.80. The van der Waals surface area contributed by atoms with Gasteiger partial charge >= 0.3 is 0 Å². The van der Waals surface area contributed by atoms with E-state index in [0.717, 1.165) is 16.5 Å². The first-order valence-corrected chi connectivity index (χ1v) is 9.53. The van der Waals surface area contributed by atoms with E-state index in [9.17, 15) is 4.79 Å². The molecule has 0 bridgehead atoms. The Morgan fingerprint density at radius 2 is 1.93 bits per heavy atom. The SMILES string of the molecule is CCOc1ccc(NC(=O)[C@H](C)Oc2cc(C)c(Cl)c(C)c2)c2cccnc12. The summed E-state index contributed by atoms with van der Waals surface area (Å²) in [5.74, 6) is 1.05. The van der Waals surface area contributed by atoms with Crippen molar-refractivity contribution < 1.29 is 14.3 Å². The summed E-state index contributed by atoms with van der Waals surface area (Å²) >= 11 is 6.20. The van der Waals surface area contributed by atoms with Gasteiger partial charge in [0.05, 0.1) is 12.3 Å². The number of nitrogens with one attached hydrogen (secondary N) is 1. The van der Waals surface area contributed by atoms with Gasteiger partial charge in [-0.1, -0.05) is 11.6 Å². The molecule has 0 saturated heterocycles. The van der Waals surface area contributed by atoms with Crippen LogP contribution in [0.2, 0.25) is 5.02 Å². The highest BCUT2D eigenvalue weighted by Gasteiger charge is 2.18. The van der Waals surface area contributed by atoms with E-state index in [1.165, 1.54) is 0 Å². The van der Waals surface area contributed by atoms with Crippen molar-refractivity contribution >= 4 is 34.1 Å². The lowest BCUT2D eigenvalue weighted by atomic mass is 10.1. The molecular formula is C22H23ClN2O3. The molecule has 0 unspecified atom stereocenters. The topological polar surface area (TPSA) is 60.5 Å². The van der Waals surface area contributed by atoms with E-state index in [0.29, 0.717) is 34.3 Å². The lowest BCUT2D eigenvalue weighted by Gasteiger charge is -2.17. The summed E-state index contributed by atoms with van der Waals surface area (Å²) < 4.78 is 11.5. The number of aryl methyl sites for hydroxylation is 2. The van der Waals surface area contributed by atoms with E-state index in [1.807, 2.05) is 57.2 Å². The van der Waals surface area contributed by atoms with Gasteiger partial charge in [0.1, 0.15) is 17.0 Å². The van der Waals surface area contributed by atoms with Crippen LogP contribution in [0, 0.1) is 13.8 Å². The number of rotatable bonds is 6. The van der Waals surface area contributed by atoms with Crippen LogP contribution < -0.4 is 14.8 Å². The Kier molecular flexibility index (Phi) is 6.05. The molecule has 3 aromatic rings. The Morgan fingerprint density at radius 3 is 2.61 bits per heavy atom. The van der Waals surface area contributed by atoms with Crippen LogP contribution in [0.15, 0.2) is 42.6 Å². The van der Waals surface area contributed by atoms with E-state index < -0.39 is 6.10 Å². The molecule has 0 aliphatic carbocycles. The van der Waals surface area contributed by atoms with Crippen molar-refractivity contribution in [2.24, 2.45) is 0 Å². The molecule has 28 heavy (non-hydrogen) atoms. The minimum absolute atomic E-state index is 0.250. The minimum atomic E-state index is -0.682. The van der Waals surface area contributed by atoms with Gasteiger partial charge in [-0.25, -0.2) is 0 Å². The van der Waals surface area contributed by atoms with E-state index in [2.05, 4.69) is 10.3 Å². The quantitative estimate of drug-likeness (QED) is 0.611. The van der Waals surface area contributed by atoms with Gasteiger partial charge in [-0.15, -0.1) is 0 Å². The number of carbonyl (C=O) groups is 1. The Hall–Kier alpha value is -2.79. The normalized spacial score (nSPS) is 11.9. The van der Waals surface area contributed by atoms with Gasteiger partial charge in [-0.2, -0.15) is 0 Å². The zero-order chi connectivity index (χ0) is 20.3. The number of aromatic nitrogens is 1. The first-order valence-electron chi connectivity index (χ1n) is 9.15. The second-order valence-corrected chi connectivity index (χ2v) is 6.94. The standard InChI is InChI=1S/C22H23ClN2O3/c1-5-27-19-9-8-18(17-7-6-10-24-21(17)19)25-22(26)15(4)28-16-11-13(2)20(23)14(3)12-16/h6-12,15H,5H2,1-4H3,(H,25,26)/t15-/m0/s1. The Morgan fingerprint density at radius 1 is 1.21 bits per heavy atom. The molecule has 0 spiro atoms. The molecule has 1 atom stereocenters. The number of anilines is 1. The number of fused-ring (bicyclic) bond motifs is 1. The van der Waals surface area contributed by atoms with Crippen LogP contribution in [0.1, 0.15) is 25.0 Å². The van der Waals surface area contributed by atoms with Crippen molar-refractivity contribution in [1.82, 2.24) is 4.98 Å². The van der Waals surface area contributed by atoms with E-state index in [1.54, 1.807) is 13.1 Å². The number of nitrogens with zero attached hydrogens (tertiary/aromatic N) is 1. The fourth-order valence-electron chi connectivity index (χ4n) is 2.99. The van der Waals surface area contributed by atoms with Crippen LogP contribution in [0.4, 0.5) is 5.69 Å². The van der Waals surface area contributed by atoms with Crippen LogP contribution in [0.3, 0.4) is 0 Å². The maximum Gasteiger partial charge on any atom is 0.265 e. The molecule has 1 N–H and O–H groups in total. The lowest BCUT2D eigenvalue weighted by Crippen LogP contribution is -2.30. The first kappa shape index (κ1) is 20.0. The van der Waals surface area contributed by atoms with Crippen LogP contribution >= 0.6 is 11.6 Å². The highest BCUT2D eigenvalue weighted by Crippen LogP contribution is 2.30. The number of hydrogen-bond donors (Lipinski definition) is 1. The molecule has 0 fully saturated rings. The summed E-state index contributed by atoms with van der Waals surface area (Å²) in [4.78, 5) is 17.1. The Labute approximate surface area is 169 Å². The molecule has 3 rings (SSSR count). The van der Waals surface area contributed by atoms with Crippen LogP contribution in [-0.2, 0) is 4.79 Å². The summed E-state index contributed by atoms with van der Waals surface area (Å²) in [5.41, 5.74) is 3.19. The summed E-state index contributed by atoms with van der Waals surface area (Å²) in [6.45, 7) is 7.99. The van der Waals surface area contributed by atoms with Gasteiger partial charge < -0.3 is 14.8 Å². The van der Waals surface area contributed by atoms with Gasteiger partial charge in [0.15, 0.2) is 6.10 Å². The third-order valence-corrected chi connectivity index (χ3v) is 4.98. The minimum Gasteiger partial charge on any atom is -0.492 e. The zero-order valence-corrected chi connectivity index (χ0v) is 17.1. The summed E-state index contributed by atoms with van der Waals surface area (Å²) in [6.07, 6.45) is 1.02. The highest BCUT2D eigenvalue weighted by atomic mass is 35.5. The zero-order valence-electron chi connectivity index (χ0n) is 16.4. The highest BCUT2D eigenvalue weighted by molar-refractivity contribution is 6.32. The molecule has 1 aromatic heterocycles. The molecule has 0 radical (unpaired) electrons. The third kappa shape index (κ3) is 4.20. The first-order chi connectivity index (χ1) is 13.4. The van der Waals surface area contributed by atoms with E-state index in [-0.39, 0.29) is 5.91 Å². The maximum absolute atomic E-state index is 12.7. The second kappa shape index (κ2) is 8.48. The summed E-state index contributed by atoms with van der Waals surface area (Å²) in [7, 11) is 0. The van der Waals surface area contributed by atoms with Gasteiger partial charge in [0.2, 0.25) is 0 Å². The molecule has 0 saturated carbocycles. The molecule has 0 aliphatic heterocycles. The average molecular weight is 399 g/mol. The smallest absolute Gasteiger partial charge is 0.265 e. The largest absolute Gasteiger partial charge is 0.492 e. The fourth-order valence-corrected chi connectivity index (χ4v) is 3.10. The molecule has 0 aliphatic rings. The van der Waals surface area contributed by atoms with Crippen molar-refractivity contribution in [2.75, 3.05) is 11.9 Å². The van der Waals surface area contributed by atoms with E-state index >= 15 is 0 Å². The summed E-state index contributed by atoms with van der Waals surface area (Å²) in [5, 5.41) is 4.45. The van der Waals surface area contributed by atoms with Crippen molar-refractivity contribution in [3.8, 4) is 11.5 Å². The lowest BCUT2D eigenvalue weighted by molar-refractivity contribution is -0.122. The van der Waals surface area contributed by atoms with Crippen LogP contribution in [0.25, 0.3) is 10.9 Å². The van der Waals surface area contributed by atoms with Gasteiger partial charge in [-0.3, -0.25) is 9.78 Å². The molecular weight excluding hydrogens is 376 g/mol. The second-order valence-electron chi connectivity index (χ2n) is 6.56. The van der Waals surface area contributed by atoms with Crippen LogP contribution in [0.5, 0.6) is 11.5 Å². The van der Waals surface area contributed by atoms with Gasteiger partial charge in [0.25, 0.3) is 5.91 Å². The van der Waals surface area contributed by atoms with Gasteiger partial charge in [-0.05, 0) is 75.2 Å². The maximum atomic E-state index is 12.7. The van der Waals surface area contributed by atoms with Crippen molar-refractivity contribution in [2.45, 2.75) is 33.8 Å². The number of benzene rings is 2. The van der Waals surface area contributed by atoms with Gasteiger partial charge in [0, 0.05) is 16.6 Å². The number of ether oxygens (including phenoxy) is 2. The monoisotopic (exact) mass is 398 g/mol. The van der Waals surface area contributed by atoms with Crippen molar-refractivity contribution in [3.05, 3.63) is 58.7 Å². The number of halogens is 1. The fraction of sp³-hybridized carbons (Fsp3) is 0.273. The average Bonchev–Trinajstić information content (AvgIpc) is 2.68. The molecule has 6 heteroatoms. The molecule has 1 heterocycles. The van der Waals surface area contributed by atoms with Crippen molar-refractivity contribution in [1.29, 1.82) is 0 Å². The number of pyridine rings is 1. The third-order valence-electron chi connectivity index (χ3n) is 4.38. The Bertz CT molecular complexity index is 997. The molecule has 2 aromatic carbocycles. The van der Waals surface area contributed by atoms with Crippen LogP contribution in [-0.4, -0.2) is 23.6 Å². The molecule has 1 amide bonds. The molecule has 5 nitrogen and oxygen atoms in total. The predicted octanol–water partition coefficient (Wildman–Crippen LogP) is 5.31. The number of carbonyl (C=O) groups excluding carboxylic acids is 1. The molecule has 146 valence electrons. The number of hydrogen-bond acceptors (Lipinski definition) is 4. The van der Waals surface area contributed by atoms with E-state index in [4.69, 9.17) is 21.1 Å².